The number of nitrogens with one attached hydrogen (secondary N) is 1. The lowest BCUT2D eigenvalue weighted by atomic mass is 10.5. The summed E-state index contributed by atoms with van der Waals surface area (Å²) < 4.78 is 0. The standard InChI is InChI=1S/C7H10N2O2.ClH/c1-8-4-5-9-6(10)2-3-7(9)11;/h2-3,8H,4-5H2,1H3;1H. The number of carbonyl (C=O) groups is 2. The Kier molecular flexibility index (Phi) is 4.54. The molecule has 1 heterocycles. The lowest BCUT2D eigenvalue weighted by Gasteiger charge is -2.12. The quantitative estimate of drug-likeness (QED) is 0.614. The van der Waals surface area contributed by atoms with E-state index < -0.39 is 0 Å². The van der Waals surface area contributed by atoms with E-state index in [4.69, 9.17) is 0 Å². The highest BCUT2D eigenvalue weighted by Gasteiger charge is 2.21. The molecule has 0 aromatic heterocycles. The molecule has 5 heteroatoms. The molecule has 1 rings (SSSR count). The third kappa shape index (κ3) is 2.32. The number of nitrogens with zero attached hydrogens (tertiary/aromatic N) is 1. The van der Waals surface area contributed by atoms with Gasteiger partial charge in [0.1, 0.15) is 0 Å². The molecular formula is C7H11ClN2O2. The van der Waals surface area contributed by atoms with Gasteiger partial charge < -0.3 is 5.32 Å². The highest BCUT2D eigenvalue weighted by molar-refractivity contribution is 6.12. The third-order valence-corrected chi connectivity index (χ3v) is 1.49. The van der Waals surface area contributed by atoms with Crippen molar-refractivity contribution in [3.63, 3.8) is 0 Å². The molecule has 0 atom stereocenters. The van der Waals surface area contributed by atoms with E-state index in [0.29, 0.717) is 13.1 Å². The molecule has 68 valence electrons. The molecule has 1 N–H and O–H groups in total. The molecule has 0 bridgehead atoms. The van der Waals surface area contributed by atoms with Gasteiger partial charge in [-0.15, -0.1) is 12.4 Å². The molecule has 0 fully saturated rings. The Hall–Kier alpha value is -0.870. The summed E-state index contributed by atoms with van der Waals surface area (Å²) in [4.78, 5) is 23.0. The van der Waals surface area contributed by atoms with Crippen LogP contribution in [0.15, 0.2) is 12.2 Å². The van der Waals surface area contributed by atoms with Crippen molar-refractivity contribution in [2.24, 2.45) is 0 Å². The summed E-state index contributed by atoms with van der Waals surface area (Å²) in [6, 6.07) is 0. The summed E-state index contributed by atoms with van der Waals surface area (Å²) in [5.74, 6) is -0.435. The highest BCUT2D eigenvalue weighted by atomic mass is 35.5. The van der Waals surface area contributed by atoms with Gasteiger partial charge in [0.05, 0.1) is 0 Å². The van der Waals surface area contributed by atoms with Crippen molar-refractivity contribution >= 4 is 24.2 Å². The average molecular weight is 191 g/mol. The summed E-state index contributed by atoms with van der Waals surface area (Å²) in [7, 11) is 1.78. The summed E-state index contributed by atoms with van der Waals surface area (Å²) in [5.41, 5.74) is 0. The third-order valence-electron chi connectivity index (χ3n) is 1.49. The maximum Gasteiger partial charge on any atom is 0.253 e. The van der Waals surface area contributed by atoms with E-state index in [0.717, 1.165) is 0 Å². The molecule has 0 saturated heterocycles. The Morgan fingerprint density at radius 2 is 1.83 bits per heavy atom. The van der Waals surface area contributed by atoms with Crippen LogP contribution in [0.5, 0.6) is 0 Å². The molecule has 0 aromatic rings. The van der Waals surface area contributed by atoms with E-state index in [-0.39, 0.29) is 24.2 Å². The number of imide groups is 1. The minimum atomic E-state index is -0.217. The summed E-state index contributed by atoms with van der Waals surface area (Å²) in [6.45, 7) is 1.08. The maximum absolute atomic E-state index is 10.9. The second-order valence-corrected chi connectivity index (χ2v) is 2.27. The summed E-state index contributed by atoms with van der Waals surface area (Å²) in [6.07, 6.45) is 2.58. The van der Waals surface area contributed by atoms with E-state index in [1.807, 2.05) is 0 Å². The smallest absolute Gasteiger partial charge is 0.253 e. The number of amides is 2. The second-order valence-electron chi connectivity index (χ2n) is 2.27. The number of carbonyl (C=O) groups excluding carboxylic acids is 2. The average Bonchev–Trinajstić information content (AvgIpc) is 2.29. The van der Waals surface area contributed by atoms with Crippen LogP contribution < -0.4 is 5.32 Å². The van der Waals surface area contributed by atoms with Gasteiger partial charge in [0.15, 0.2) is 0 Å². The predicted octanol–water partition coefficient (Wildman–Crippen LogP) is -0.447. The molecule has 2 amide bonds. The van der Waals surface area contributed by atoms with E-state index in [1.54, 1.807) is 7.05 Å². The number of hydrogen-bond donors (Lipinski definition) is 1. The number of hydrogen-bond acceptors (Lipinski definition) is 3. The van der Waals surface area contributed by atoms with Gasteiger partial charge in [-0.05, 0) is 7.05 Å². The van der Waals surface area contributed by atoms with Crippen LogP contribution in [-0.2, 0) is 9.59 Å². The SMILES string of the molecule is CNCCN1C(=O)C=CC1=O.Cl. The molecule has 0 aliphatic carbocycles. The predicted molar refractivity (Wildman–Crippen MR) is 47.0 cm³/mol. The monoisotopic (exact) mass is 190 g/mol. The van der Waals surface area contributed by atoms with Gasteiger partial charge >= 0.3 is 0 Å². The van der Waals surface area contributed by atoms with Crippen LogP contribution in [0.25, 0.3) is 0 Å². The molecule has 0 spiro atoms. The van der Waals surface area contributed by atoms with E-state index in [9.17, 15) is 9.59 Å². The number of halogens is 1. The fraction of sp³-hybridized carbons (Fsp3) is 0.429. The molecule has 0 aromatic carbocycles. The zero-order valence-electron chi connectivity index (χ0n) is 6.74. The van der Waals surface area contributed by atoms with Crippen LogP contribution in [0.4, 0.5) is 0 Å². The van der Waals surface area contributed by atoms with Crippen molar-refractivity contribution in [3.05, 3.63) is 12.2 Å². The first-order chi connectivity index (χ1) is 5.25. The Morgan fingerprint density at radius 1 is 1.33 bits per heavy atom. The Labute approximate surface area is 77.0 Å². The zero-order chi connectivity index (χ0) is 8.27. The minimum Gasteiger partial charge on any atom is -0.318 e. The van der Waals surface area contributed by atoms with Gasteiger partial charge in [-0.2, -0.15) is 0 Å². The largest absolute Gasteiger partial charge is 0.318 e. The van der Waals surface area contributed by atoms with Gasteiger partial charge in [0.25, 0.3) is 11.8 Å². The molecule has 1 aliphatic rings. The maximum atomic E-state index is 10.9. The lowest BCUT2D eigenvalue weighted by molar-refractivity contribution is -0.136. The fourth-order valence-corrected chi connectivity index (χ4v) is 0.875. The first-order valence-corrected chi connectivity index (χ1v) is 3.44. The van der Waals surface area contributed by atoms with E-state index in [1.165, 1.54) is 17.1 Å². The summed E-state index contributed by atoms with van der Waals surface area (Å²) >= 11 is 0. The van der Waals surface area contributed by atoms with Crippen LogP contribution in [0, 0.1) is 0 Å². The van der Waals surface area contributed by atoms with Crippen molar-refractivity contribution in [3.8, 4) is 0 Å². The normalized spacial score (nSPS) is 15.2. The molecule has 1 aliphatic heterocycles. The van der Waals surface area contributed by atoms with E-state index in [2.05, 4.69) is 5.32 Å². The number of rotatable bonds is 3. The summed E-state index contributed by atoms with van der Waals surface area (Å²) in [5, 5.41) is 2.86. The first-order valence-electron chi connectivity index (χ1n) is 3.44. The van der Waals surface area contributed by atoms with Crippen LogP contribution in [0.2, 0.25) is 0 Å². The molecule has 0 radical (unpaired) electrons. The van der Waals surface area contributed by atoms with Crippen molar-refractivity contribution in [1.29, 1.82) is 0 Å². The van der Waals surface area contributed by atoms with Gasteiger partial charge in [-0.3, -0.25) is 14.5 Å². The van der Waals surface area contributed by atoms with Gasteiger partial charge in [-0.25, -0.2) is 0 Å². The van der Waals surface area contributed by atoms with E-state index >= 15 is 0 Å². The Bertz CT molecular complexity index is 197. The molecular weight excluding hydrogens is 180 g/mol. The van der Waals surface area contributed by atoms with Crippen molar-refractivity contribution in [1.82, 2.24) is 10.2 Å². The van der Waals surface area contributed by atoms with Crippen molar-refractivity contribution in [2.75, 3.05) is 20.1 Å². The fourth-order valence-electron chi connectivity index (χ4n) is 0.875. The van der Waals surface area contributed by atoms with Gasteiger partial charge in [0.2, 0.25) is 0 Å². The second kappa shape index (κ2) is 4.90. The Morgan fingerprint density at radius 3 is 2.25 bits per heavy atom. The zero-order valence-corrected chi connectivity index (χ0v) is 7.56. The van der Waals surface area contributed by atoms with Crippen LogP contribution >= 0.6 is 12.4 Å². The van der Waals surface area contributed by atoms with Crippen LogP contribution in [0.3, 0.4) is 0 Å². The van der Waals surface area contributed by atoms with Crippen molar-refractivity contribution in [2.45, 2.75) is 0 Å². The minimum absolute atomic E-state index is 0. The number of likely N-dealkylation sites (N-methyl/N-ethyl adjacent to an activating group) is 1. The Balaban J connectivity index is 0.00000121. The lowest BCUT2D eigenvalue weighted by Crippen LogP contribution is -2.35. The van der Waals surface area contributed by atoms with Gasteiger partial charge in [0, 0.05) is 25.2 Å². The molecule has 0 unspecified atom stereocenters. The van der Waals surface area contributed by atoms with Crippen LogP contribution in [-0.4, -0.2) is 36.9 Å². The topological polar surface area (TPSA) is 49.4 Å². The highest BCUT2D eigenvalue weighted by Crippen LogP contribution is 2.01. The molecule has 4 nitrogen and oxygen atoms in total. The van der Waals surface area contributed by atoms with Gasteiger partial charge in [-0.1, -0.05) is 0 Å². The van der Waals surface area contributed by atoms with Crippen molar-refractivity contribution < 1.29 is 9.59 Å². The van der Waals surface area contributed by atoms with Crippen LogP contribution in [0.1, 0.15) is 0 Å². The molecule has 0 saturated carbocycles. The molecule has 12 heavy (non-hydrogen) atoms. The first kappa shape index (κ1) is 11.1.